The van der Waals surface area contributed by atoms with Crippen molar-refractivity contribution in [2.75, 3.05) is 4.90 Å². The molecule has 0 radical (unpaired) electrons. The Kier molecular flexibility index (Phi) is 4.88. The quantitative estimate of drug-likeness (QED) is 0.424. The molecule has 0 saturated carbocycles. The highest BCUT2D eigenvalue weighted by molar-refractivity contribution is 7.80. The van der Waals surface area contributed by atoms with Gasteiger partial charge in [-0.05, 0) is 47.5 Å². The summed E-state index contributed by atoms with van der Waals surface area (Å²) in [6, 6.07) is 24.9. The first-order chi connectivity index (χ1) is 13.1. The van der Waals surface area contributed by atoms with Crippen LogP contribution in [0.5, 0.6) is 0 Å². The number of amides is 1. The lowest BCUT2D eigenvalue weighted by Gasteiger charge is -2.22. The minimum absolute atomic E-state index is 0.0784. The van der Waals surface area contributed by atoms with Crippen molar-refractivity contribution >= 4 is 47.6 Å². The molecular weight excluding hydrogens is 374 g/mol. The maximum atomic E-state index is 13.3. The zero-order chi connectivity index (χ0) is 18.8. The van der Waals surface area contributed by atoms with Gasteiger partial charge in [-0.15, -0.1) is 12.6 Å². The largest absolute Gasteiger partial charge is 0.275 e. The number of thiol groups is 1. The number of benzene rings is 3. The molecule has 0 bridgehead atoms. The van der Waals surface area contributed by atoms with Crippen molar-refractivity contribution in [2.45, 2.75) is 4.90 Å². The number of nitrogens with zero attached hydrogens (tertiary/aromatic N) is 1. The van der Waals surface area contributed by atoms with Gasteiger partial charge in [0.1, 0.15) is 0 Å². The van der Waals surface area contributed by atoms with Gasteiger partial charge < -0.3 is 0 Å². The third-order valence-corrected chi connectivity index (χ3v) is 5.00. The molecule has 0 N–H and O–H groups in total. The number of anilines is 1. The molecular formula is C23H16ClNOS. The minimum Gasteiger partial charge on any atom is -0.275 e. The van der Waals surface area contributed by atoms with Gasteiger partial charge in [-0.1, -0.05) is 66.2 Å². The fraction of sp³-hybridized carbons (Fsp3) is 0. The van der Waals surface area contributed by atoms with E-state index in [1.54, 1.807) is 4.90 Å². The summed E-state index contributed by atoms with van der Waals surface area (Å²) >= 11 is 10.6. The molecule has 3 aromatic rings. The Balaban J connectivity index is 1.85. The van der Waals surface area contributed by atoms with Crippen LogP contribution in [0, 0.1) is 0 Å². The van der Waals surface area contributed by atoms with Crippen molar-refractivity contribution in [1.29, 1.82) is 0 Å². The zero-order valence-corrected chi connectivity index (χ0v) is 16.0. The lowest BCUT2D eigenvalue weighted by Crippen LogP contribution is -2.25. The number of hydrogen-bond donors (Lipinski definition) is 1. The van der Waals surface area contributed by atoms with E-state index in [0.29, 0.717) is 10.6 Å². The fourth-order valence-corrected chi connectivity index (χ4v) is 3.46. The lowest BCUT2D eigenvalue weighted by atomic mass is 10.1. The van der Waals surface area contributed by atoms with Gasteiger partial charge in [0.2, 0.25) is 0 Å². The fourth-order valence-electron chi connectivity index (χ4n) is 3.07. The molecule has 1 aliphatic rings. The monoisotopic (exact) mass is 389 g/mol. The summed E-state index contributed by atoms with van der Waals surface area (Å²) in [5.74, 6) is -0.0784. The van der Waals surface area contributed by atoms with Gasteiger partial charge in [-0.25, -0.2) is 0 Å². The van der Waals surface area contributed by atoms with E-state index in [-0.39, 0.29) is 5.91 Å². The van der Waals surface area contributed by atoms with Crippen molar-refractivity contribution in [3.05, 3.63) is 107 Å². The van der Waals surface area contributed by atoms with Crippen LogP contribution in [0.2, 0.25) is 5.02 Å². The number of carbonyl (C=O) groups excluding carboxylic acids is 1. The molecule has 0 aromatic heterocycles. The zero-order valence-electron chi connectivity index (χ0n) is 14.3. The second kappa shape index (κ2) is 7.47. The Labute approximate surface area is 168 Å². The molecule has 0 saturated heterocycles. The first kappa shape index (κ1) is 17.7. The van der Waals surface area contributed by atoms with Crippen molar-refractivity contribution < 1.29 is 4.79 Å². The van der Waals surface area contributed by atoms with Gasteiger partial charge in [0.15, 0.2) is 0 Å². The summed E-state index contributed by atoms with van der Waals surface area (Å²) in [6.07, 6.45) is 3.82. The summed E-state index contributed by atoms with van der Waals surface area (Å²) in [4.78, 5) is 15.7. The summed E-state index contributed by atoms with van der Waals surface area (Å²) in [6.45, 7) is 0. The van der Waals surface area contributed by atoms with Crippen molar-refractivity contribution in [3.8, 4) is 0 Å². The second-order valence-electron chi connectivity index (χ2n) is 6.18. The molecule has 4 heteroatoms. The summed E-state index contributed by atoms with van der Waals surface area (Å²) in [7, 11) is 0. The van der Waals surface area contributed by atoms with Crippen LogP contribution >= 0.6 is 24.2 Å². The van der Waals surface area contributed by atoms with Gasteiger partial charge in [-0.3, -0.25) is 9.69 Å². The average Bonchev–Trinajstić information content (AvgIpc) is 3.00. The van der Waals surface area contributed by atoms with Crippen LogP contribution in [-0.2, 0) is 4.79 Å². The highest BCUT2D eigenvalue weighted by Gasteiger charge is 2.31. The van der Waals surface area contributed by atoms with Gasteiger partial charge >= 0.3 is 0 Å². The Morgan fingerprint density at radius 3 is 2.22 bits per heavy atom. The topological polar surface area (TPSA) is 20.3 Å². The molecule has 27 heavy (non-hydrogen) atoms. The number of halogens is 1. The number of rotatable bonds is 3. The average molecular weight is 390 g/mol. The molecule has 3 aromatic carbocycles. The van der Waals surface area contributed by atoms with Crippen LogP contribution in [0.25, 0.3) is 11.8 Å². The predicted octanol–water partition coefficient (Wildman–Crippen LogP) is 6.10. The number of carbonyl (C=O) groups is 1. The second-order valence-corrected chi connectivity index (χ2v) is 7.09. The van der Waals surface area contributed by atoms with Gasteiger partial charge in [0.25, 0.3) is 5.91 Å². The first-order valence-corrected chi connectivity index (χ1v) is 9.33. The lowest BCUT2D eigenvalue weighted by molar-refractivity contribution is -0.113. The van der Waals surface area contributed by atoms with Crippen LogP contribution in [0.1, 0.15) is 11.1 Å². The molecule has 1 heterocycles. The van der Waals surface area contributed by atoms with E-state index in [1.165, 1.54) is 0 Å². The van der Waals surface area contributed by atoms with Crippen molar-refractivity contribution in [2.24, 2.45) is 0 Å². The predicted molar refractivity (Wildman–Crippen MR) is 115 cm³/mol. The van der Waals surface area contributed by atoms with Crippen molar-refractivity contribution in [3.63, 3.8) is 0 Å². The van der Waals surface area contributed by atoms with Gasteiger partial charge in [0, 0.05) is 15.5 Å². The van der Waals surface area contributed by atoms with Crippen LogP contribution in [0.4, 0.5) is 5.69 Å². The molecule has 132 valence electrons. The molecule has 0 fully saturated rings. The summed E-state index contributed by atoms with van der Waals surface area (Å²) in [5.41, 5.74) is 4.08. The maximum Gasteiger partial charge on any atom is 0.262 e. The van der Waals surface area contributed by atoms with E-state index < -0.39 is 0 Å². The van der Waals surface area contributed by atoms with E-state index in [2.05, 4.69) is 12.6 Å². The first-order valence-electron chi connectivity index (χ1n) is 8.50. The maximum absolute atomic E-state index is 13.3. The van der Waals surface area contributed by atoms with E-state index in [1.807, 2.05) is 91.0 Å². The molecule has 0 atom stereocenters. The molecule has 0 unspecified atom stereocenters. The highest BCUT2D eigenvalue weighted by atomic mass is 35.5. The van der Waals surface area contributed by atoms with Crippen LogP contribution < -0.4 is 4.90 Å². The smallest absolute Gasteiger partial charge is 0.262 e. The molecule has 1 aliphatic heterocycles. The highest BCUT2D eigenvalue weighted by Crippen LogP contribution is 2.38. The van der Waals surface area contributed by atoms with Crippen LogP contribution in [0.15, 0.2) is 95.4 Å². The Morgan fingerprint density at radius 1 is 0.852 bits per heavy atom. The summed E-state index contributed by atoms with van der Waals surface area (Å²) < 4.78 is 0. The number of hydrogen-bond acceptors (Lipinski definition) is 2. The Hall–Kier alpha value is -2.75. The third kappa shape index (κ3) is 3.57. The Bertz CT molecular complexity index is 1060. The van der Waals surface area contributed by atoms with Crippen LogP contribution in [0.3, 0.4) is 0 Å². The SMILES string of the molecule is O=C1/C(=C/c2ccccc2)C=C(c2ccc(Cl)cc2)N1c1ccccc1S. The van der Waals surface area contributed by atoms with E-state index in [9.17, 15) is 4.79 Å². The van der Waals surface area contributed by atoms with E-state index >= 15 is 0 Å². The molecule has 0 spiro atoms. The molecule has 1 amide bonds. The Morgan fingerprint density at radius 2 is 1.52 bits per heavy atom. The van der Waals surface area contributed by atoms with E-state index in [0.717, 1.165) is 27.4 Å². The van der Waals surface area contributed by atoms with Gasteiger partial charge in [-0.2, -0.15) is 0 Å². The summed E-state index contributed by atoms with van der Waals surface area (Å²) in [5, 5.41) is 0.657. The van der Waals surface area contributed by atoms with Crippen molar-refractivity contribution in [1.82, 2.24) is 0 Å². The third-order valence-electron chi connectivity index (χ3n) is 4.37. The standard InChI is InChI=1S/C23H16ClNOS/c24-19-12-10-17(11-13-19)21-15-18(14-16-6-2-1-3-7-16)23(26)25(21)20-8-4-5-9-22(20)27/h1-15,27H/b18-14+. The van der Waals surface area contributed by atoms with E-state index in [4.69, 9.17) is 11.6 Å². The molecule has 4 rings (SSSR count). The minimum atomic E-state index is -0.0784. The normalized spacial score (nSPS) is 15.3. The molecule has 2 nitrogen and oxygen atoms in total. The molecule has 0 aliphatic carbocycles. The van der Waals surface area contributed by atoms with Crippen LogP contribution in [-0.4, -0.2) is 5.91 Å². The van der Waals surface area contributed by atoms with Gasteiger partial charge in [0.05, 0.1) is 11.4 Å². The number of para-hydroxylation sites is 1.